The van der Waals surface area contributed by atoms with E-state index in [1.54, 1.807) is 6.92 Å². The molecule has 63 valence electrons. The molecular formula is C9H9O3. The average Bonchev–Trinajstić information content (AvgIpc) is 2.03. The van der Waals surface area contributed by atoms with E-state index in [0.717, 1.165) is 5.56 Å². The topological polar surface area (TPSA) is 46.5 Å². The highest BCUT2D eigenvalue weighted by Crippen LogP contribution is 2.18. The molecule has 0 aromatic heterocycles. The summed E-state index contributed by atoms with van der Waals surface area (Å²) in [6, 6.07) is 5.67. The van der Waals surface area contributed by atoms with Gasteiger partial charge in [0, 0.05) is 0 Å². The molecule has 0 spiro atoms. The maximum atomic E-state index is 10.9. The molecule has 0 unspecified atom stereocenters. The number of phenolic OH excluding ortho intramolecular Hbond substituents is 1. The number of methoxy groups -OCH3 is 1. The molecule has 0 atom stereocenters. The van der Waals surface area contributed by atoms with Crippen LogP contribution >= 0.6 is 0 Å². The second-order valence-electron chi connectivity index (χ2n) is 2.41. The summed E-state index contributed by atoms with van der Waals surface area (Å²) in [6.45, 7) is 1.78. The minimum Gasteiger partial charge on any atom is -0.507 e. The first-order valence-electron chi connectivity index (χ1n) is 3.44. The molecule has 0 aliphatic carbocycles. The van der Waals surface area contributed by atoms with E-state index < -0.39 is 5.97 Å². The molecule has 0 aliphatic rings. The van der Waals surface area contributed by atoms with Gasteiger partial charge in [0.05, 0.1) is 7.11 Å². The number of ether oxygens (including phenoxy) is 1. The third-order valence-corrected chi connectivity index (χ3v) is 1.48. The molecule has 0 saturated carbocycles. The first-order valence-corrected chi connectivity index (χ1v) is 3.44. The molecule has 1 rings (SSSR count). The number of aromatic hydroxyl groups is 1. The van der Waals surface area contributed by atoms with Gasteiger partial charge < -0.3 is 9.84 Å². The number of carbonyl (C=O) groups is 1. The van der Waals surface area contributed by atoms with Crippen LogP contribution in [-0.2, 0) is 4.74 Å². The van der Waals surface area contributed by atoms with Gasteiger partial charge in [-0.15, -0.1) is 0 Å². The quantitative estimate of drug-likeness (QED) is 0.638. The van der Waals surface area contributed by atoms with E-state index in [1.807, 2.05) is 0 Å². The molecule has 12 heavy (non-hydrogen) atoms. The number of hydrogen-bond donors (Lipinski definition) is 1. The second kappa shape index (κ2) is 3.26. The Kier molecular flexibility index (Phi) is 2.33. The van der Waals surface area contributed by atoms with Gasteiger partial charge in [0.1, 0.15) is 11.3 Å². The van der Waals surface area contributed by atoms with Crippen molar-refractivity contribution in [2.75, 3.05) is 7.11 Å². The van der Waals surface area contributed by atoms with Crippen LogP contribution in [-0.4, -0.2) is 18.2 Å². The summed E-state index contributed by atoms with van der Waals surface area (Å²) in [5.74, 6) is -0.623. The Bertz CT molecular complexity index is 305. The van der Waals surface area contributed by atoms with Gasteiger partial charge >= 0.3 is 5.97 Å². The Balaban J connectivity index is 3.09. The molecule has 3 heteroatoms. The Labute approximate surface area is 70.6 Å². The number of aryl methyl sites for hydroxylation is 1. The van der Waals surface area contributed by atoms with Gasteiger partial charge in [0.25, 0.3) is 0 Å². The van der Waals surface area contributed by atoms with E-state index in [1.165, 1.54) is 19.2 Å². The molecule has 0 fully saturated rings. The van der Waals surface area contributed by atoms with E-state index in [4.69, 9.17) is 0 Å². The van der Waals surface area contributed by atoms with Crippen LogP contribution in [0.4, 0.5) is 0 Å². The van der Waals surface area contributed by atoms with Crippen molar-refractivity contribution in [3.8, 4) is 5.75 Å². The molecule has 1 radical (unpaired) electrons. The number of esters is 1. The van der Waals surface area contributed by atoms with Crippen LogP contribution in [0.15, 0.2) is 12.1 Å². The Hall–Kier alpha value is -1.51. The lowest BCUT2D eigenvalue weighted by Crippen LogP contribution is -2.01. The zero-order valence-corrected chi connectivity index (χ0v) is 6.92. The van der Waals surface area contributed by atoms with Crippen LogP contribution in [0.3, 0.4) is 0 Å². The summed E-state index contributed by atoms with van der Waals surface area (Å²) >= 11 is 0. The van der Waals surface area contributed by atoms with Crippen molar-refractivity contribution in [2.24, 2.45) is 0 Å². The van der Waals surface area contributed by atoms with Crippen molar-refractivity contribution in [1.82, 2.24) is 0 Å². The molecule has 0 aliphatic heterocycles. The van der Waals surface area contributed by atoms with Gasteiger partial charge in [-0.3, -0.25) is 0 Å². The standard InChI is InChI=1S/C9H9O3/c1-6-3-4-7(8(10)5-6)9(11)12-2/h4-5,10H,1-2H3. The third-order valence-electron chi connectivity index (χ3n) is 1.48. The van der Waals surface area contributed by atoms with Crippen LogP contribution < -0.4 is 0 Å². The molecule has 3 nitrogen and oxygen atoms in total. The summed E-state index contributed by atoms with van der Waals surface area (Å²) in [4.78, 5) is 10.9. The van der Waals surface area contributed by atoms with Crippen LogP contribution in [0.25, 0.3) is 0 Å². The van der Waals surface area contributed by atoms with Crippen LogP contribution in [0.2, 0.25) is 0 Å². The predicted molar refractivity (Wildman–Crippen MR) is 43.0 cm³/mol. The van der Waals surface area contributed by atoms with Crippen molar-refractivity contribution in [2.45, 2.75) is 6.92 Å². The summed E-state index contributed by atoms with van der Waals surface area (Å²) in [6.07, 6.45) is 0. The fraction of sp³-hybridized carbons (Fsp3) is 0.222. The number of rotatable bonds is 1. The first-order chi connectivity index (χ1) is 5.65. The lowest BCUT2D eigenvalue weighted by atomic mass is 10.1. The van der Waals surface area contributed by atoms with Gasteiger partial charge in [-0.2, -0.15) is 0 Å². The number of hydrogen-bond acceptors (Lipinski definition) is 3. The lowest BCUT2D eigenvalue weighted by molar-refractivity contribution is 0.0597. The predicted octanol–water partition coefficient (Wildman–Crippen LogP) is 1.29. The summed E-state index contributed by atoms with van der Waals surface area (Å²) in [5.41, 5.74) is 0.920. The van der Waals surface area contributed by atoms with E-state index in [9.17, 15) is 9.90 Å². The largest absolute Gasteiger partial charge is 0.507 e. The van der Waals surface area contributed by atoms with Gasteiger partial charge in [-0.25, -0.2) is 4.79 Å². The van der Waals surface area contributed by atoms with Crippen LogP contribution in [0, 0.1) is 13.0 Å². The van der Waals surface area contributed by atoms with Crippen molar-refractivity contribution in [1.29, 1.82) is 0 Å². The zero-order valence-electron chi connectivity index (χ0n) is 6.92. The molecule has 0 bridgehead atoms. The van der Waals surface area contributed by atoms with Gasteiger partial charge in [-0.05, 0) is 30.7 Å². The lowest BCUT2D eigenvalue weighted by Gasteiger charge is -2.01. The SMILES string of the molecule is COC(=O)c1c[c]c(C)cc1O. The second-order valence-corrected chi connectivity index (χ2v) is 2.41. The third kappa shape index (κ3) is 1.56. The molecular weight excluding hydrogens is 156 g/mol. The summed E-state index contributed by atoms with van der Waals surface area (Å²) < 4.78 is 4.44. The number of benzene rings is 1. The minimum absolute atomic E-state index is 0.0712. The maximum Gasteiger partial charge on any atom is 0.341 e. The molecule has 1 N–H and O–H groups in total. The summed E-state index contributed by atoms with van der Waals surface area (Å²) in [7, 11) is 1.27. The molecule has 1 aromatic carbocycles. The normalized spacial score (nSPS) is 9.50. The minimum atomic E-state index is -0.552. The highest BCUT2D eigenvalue weighted by Gasteiger charge is 2.10. The summed E-state index contributed by atoms with van der Waals surface area (Å²) in [5, 5.41) is 9.27. The van der Waals surface area contributed by atoms with E-state index in [0.29, 0.717) is 0 Å². The van der Waals surface area contributed by atoms with Gasteiger partial charge in [0.2, 0.25) is 0 Å². The highest BCUT2D eigenvalue weighted by atomic mass is 16.5. The molecule has 0 saturated heterocycles. The van der Waals surface area contributed by atoms with Crippen molar-refractivity contribution in [3.05, 3.63) is 29.3 Å². The molecule has 1 aromatic rings. The van der Waals surface area contributed by atoms with Gasteiger partial charge in [0.15, 0.2) is 0 Å². The molecule has 0 amide bonds. The smallest absolute Gasteiger partial charge is 0.341 e. The fourth-order valence-corrected chi connectivity index (χ4v) is 0.858. The molecule has 0 heterocycles. The van der Waals surface area contributed by atoms with E-state index in [-0.39, 0.29) is 11.3 Å². The average molecular weight is 165 g/mol. The van der Waals surface area contributed by atoms with Crippen LogP contribution in [0.5, 0.6) is 5.75 Å². The van der Waals surface area contributed by atoms with Crippen molar-refractivity contribution < 1.29 is 14.6 Å². The maximum absolute atomic E-state index is 10.9. The van der Waals surface area contributed by atoms with E-state index in [2.05, 4.69) is 10.8 Å². The number of phenols is 1. The van der Waals surface area contributed by atoms with Crippen LogP contribution in [0.1, 0.15) is 15.9 Å². The van der Waals surface area contributed by atoms with Gasteiger partial charge in [-0.1, -0.05) is 0 Å². The number of carbonyl (C=O) groups excluding carboxylic acids is 1. The zero-order chi connectivity index (χ0) is 9.14. The first kappa shape index (κ1) is 8.59. The van der Waals surface area contributed by atoms with Crippen molar-refractivity contribution in [3.63, 3.8) is 0 Å². The Morgan fingerprint density at radius 3 is 2.83 bits per heavy atom. The van der Waals surface area contributed by atoms with E-state index >= 15 is 0 Å². The fourth-order valence-electron chi connectivity index (χ4n) is 0.858. The highest BCUT2D eigenvalue weighted by molar-refractivity contribution is 5.92. The Morgan fingerprint density at radius 1 is 1.67 bits per heavy atom. The Morgan fingerprint density at radius 2 is 2.33 bits per heavy atom. The monoisotopic (exact) mass is 165 g/mol. The van der Waals surface area contributed by atoms with Crippen molar-refractivity contribution >= 4 is 5.97 Å².